The molecule has 0 amide bonds. The van der Waals surface area contributed by atoms with Crippen molar-refractivity contribution in [3.63, 3.8) is 0 Å². The molecular formula is C26H39N3O3. The van der Waals surface area contributed by atoms with Crippen molar-refractivity contribution in [3.8, 4) is 11.5 Å². The van der Waals surface area contributed by atoms with Crippen molar-refractivity contribution in [2.45, 2.75) is 51.2 Å². The molecule has 1 N–H and O–H groups in total. The number of likely N-dealkylation sites (N-methyl/N-ethyl adjacent to an activating group) is 1. The Morgan fingerprint density at radius 2 is 1.84 bits per heavy atom. The second kappa shape index (κ2) is 13.4. The SMILES string of the molecule is COc1cc(CN(C)CCc2ccccn2)ccc1OCC(O)CN1CCCCCCC1. The van der Waals surface area contributed by atoms with E-state index >= 15 is 0 Å². The number of aliphatic hydroxyl groups is 1. The predicted octanol–water partition coefficient (Wildman–Crippen LogP) is 3.77. The van der Waals surface area contributed by atoms with Gasteiger partial charge in [-0.15, -0.1) is 0 Å². The largest absolute Gasteiger partial charge is 0.493 e. The van der Waals surface area contributed by atoms with Crippen LogP contribution < -0.4 is 9.47 Å². The number of rotatable bonds is 11. The van der Waals surface area contributed by atoms with Crippen molar-refractivity contribution >= 4 is 0 Å². The molecule has 1 aliphatic rings. The molecule has 0 aliphatic carbocycles. The van der Waals surface area contributed by atoms with Crippen LogP contribution >= 0.6 is 0 Å². The first-order valence-electron chi connectivity index (χ1n) is 11.9. The summed E-state index contributed by atoms with van der Waals surface area (Å²) in [5.41, 5.74) is 2.27. The number of likely N-dealkylation sites (tertiary alicyclic amines) is 1. The summed E-state index contributed by atoms with van der Waals surface area (Å²) in [7, 11) is 3.77. The zero-order valence-electron chi connectivity index (χ0n) is 19.7. The number of β-amino-alcohol motifs (C(OH)–C–C–N with tert-alkyl or cyclic N) is 1. The van der Waals surface area contributed by atoms with Gasteiger partial charge in [0.15, 0.2) is 11.5 Å². The van der Waals surface area contributed by atoms with E-state index in [2.05, 4.69) is 34.0 Å². The smallest absolute Gasteiger partial charge is 0.161 e. The van der Waals surface area contributed by atoms with E-state index in [-0.39, 0.29) is 6.61 Å². The Morgan fingerprint density at radius 1 is 1.06 bits per heavy atom. The van der Waals surface area contributed by atoms with Gasteiger partial charge in [0, 0.05) is 37.9 Å². The lowest BCUT2D eigenvalue weighted by Crippen LogP contribution is -2.37. The molecule has 6 heteroatoms. The third-order valence-electron chi connectivity index (χ3n) is 6.01. The quantitative estimate of drug-likeness (QED) is 0.573. The van der Waals surface area contributed by atoms with Crippen LogP contribution in [0.3, 0.4) is 0 Å². The van der Waals surface area contributed by atoms with Crippen LogP contribution in [0.5, 0.6) is 11.5 Å². The maximum absolute atomic E-state index is 10.5. The molecule has 1 fully saturated rings. The van der Waals surface area contributed by atoms with Gasteiger partial charge in [-0.05, 0) is 62.8 Å². The Balaban J connectivity index is 1.46. The Bertz CT molecular complexity index is 779. The van der Waals surface area contributed by atoms with Gasteiger partial charge in [-0.3, -0.25) is 4.98 Å². The van der Waals surface area contributed by atoms with Gasteiger partial charge >= 0.3 is 0 Å². The van der Waals surface area contributed by atoms with E-state index in [9.17, 15) is 5.11 Å². The molecule has 1 atom stereocenters. The lowest BCUT2D eigenvalue weighted by Gasteiger charge is -2.26. The van der Waals surface area contributed by atoms with Gasteiger partial charge in [0.2, 0.25) is 0 Å². The number of aliphatic hydroxyl groups excluding tert-OH is 1. The minimum absolute atomic E-state index is 0.274. The Hall–Kier alpha value is -2.15. The summed E-state index contributed by atoms with van der Waals surface area (Å²) < 4.78 is 11.5. The average molecular weight is 442 g/mol. The van der Waals surface area contributed by atoms with Crippen LogP contribution in [-0.4, -0.2) is 72.9 Å². The van der Waals surface area contributed by atoms with Gasteiger partial charge in [-0.2, -0.15) is 0 Å². The standard InChI is InChI=1S/C26H39N3O3/c1-28(17-13-23-10-6-7-14-27-23)19-22-11-12-25(26(18-22)31-2)32-21-24(30)20-29-15-8-4-3-5-9-16-29/h6-7,10-12,14,18,24,30H,3-5,8-9,13,15-17,19-21H2,1-2H3. The lowest BCUT2D eigenvalue weighted by molar-refractivity contribution is 0.0645. The number of aromatic nitrogens is 1. The maximum atomic E-state index is 10.5. The second-order valence-corrected chi connectivity index (χ2v) is 8.83. The van der Waals surface area contributed by atoms with E-state index in [4.69, 9.17) is 9.47 Å². The first kappa shape index (κ1) is 24.5. The van der Waals surface area contributed by atoms with Gasteiger partial charge in [0.1, 0.15) is 12.7 Å². The van der Waals surface area contributed by atoms with E-state index in [1.165, 1.54) is 37.7 Å². The number of hydrogen-bond acceptors (Lipinski definition) is 6. The maximum Gasteiger partial charge on any atom is 0.161 e. The summed E-state index contributed by atoms with van der Waals surface area (Å²) in [5.74, 6) is 1.39. The van der Waals surface area contributed by atoms with Gasteiger partial charge in [0.25, 0.3) is 0 Å². The Labute approximate surface area is 193 Å². The number of ether oxygens (including phenoxy) is 2. The number of nitrogens with zero attached hydrogens (tertiary/aromatic N) is 3. The average Bonchev–Trinajstić information content (AvgIpc) is 2.79. The van der Waals surface area contributed by atoms with Gasteiger partial charge < -0.3 is 24.4 Å². The van der Waals surface area contributed by atoms with Gasteiger partial charge in [-0.1, -0.05) is 31.4 Å². The molecular weight excluding hydrogens is 402 g/mol. The molecule has 2 heterocycles. The highest BCUT2D eigenvalue weighted by atomic mass is 16.5. The summed E-state index contributed by atoms with van der Waals surface area (Å²) in [4.78, 5) is 9.03. The summed E-state index contributed by atoms with van der Waals surface area (Å²) in [6.45, 7) is 4.84. The fraction of sp³-hybridized carbons (Fsp3) is 0.577. The Kier molecular flexibility index (Phi) is 10.3. The molecule has 176 valence electrons. The van der Waals surface area contributed by atoms with E-state index in [0.29, 0.717) is 18.0 Å². The van der Waals surface area contributed by atoms with Crippen molar-refractivity contribution in [2.75, 3.05) is 46.9 Å². The fourth-order valence-corrected chi connectivity index (χ4v) is 4.20. The summed E-state index contributed by atoms with van der Waals surface area (Å²) in [6, 6.07) is 12.1. The zero-order valence-corrected chi connectivity index (χ0v) is 19.7. The number of methoxy groups -OCH3 is 1. The van der Waals surface area contributed by atoms with Crippen molar-refractivity contribution in [1.82, 2.24) is 14.8 Å². The van der Waals surface area contributed by atoms with Crippen LogP contribution in [0.15, 0.2) is 42.6 Å². The van der Waals surface area contributed by atoms with Crippen molar-refractivity contribution in [1.29, 1.82) is 0 Å². The van der Waals surface area contributed by atoms with Crippen molar-refractivity contribution < 1.29 is 14.6 Å². The fourth-order valence-electron chi connectivity index (χ4n) is 4.20. The van der Waals surface area contributed by atoms with Crippen molar-refractivity contribution in [3.05, 3.63) is 53.9 Å². The zero-order chi connectivity index (χ0) is 22.6. The molecule has 3 rings (SSSR count). The predicted molar refractivity (Wildman–Crippen MR) is 128 cm³/mol. The molecule has 2 aromatic rings. The molecule has 1 saturated heterocycles. The van der Waals surface area contributed by atoms with E-state index in [1.807, 2.05) is 30.5 Å². The normalized spacial score (nSPS) is 16.4. The molecule has 0 saturated carbocycles. The van der Waals surface area contributed by atoms with E-state index in [0.717, 1.165) is 38.3 Å². The molecule has 1 aliphatic heterocycles. The van der Waals surface area contributed by atoms with Crippen LogP contribution in [0.25, 0.3) is 0 Å². The van der Waals surface area contributed by atoms with Crippen molar-refractivity contribution in [2.24, 2.45) is 0 Å². The third kappa shape index (κ3) is 8.41. The molecule has 0 spiro atoms. The molecule has 1 aromatic carbocycles. The first-order valence-corrected chi connectivity index (χ1v) is 11.9. The molecule has 0 bridgehead atoms. The highest BCUT2D eigenvalue weighted by Gasteiger charge is 2.15. The van der Waals surface area contributed by atoms with Crippen LogP contribution in [0.4, 0.5) is 0 Å². The lowest BCUT2D eigenvalue weighted by atomic mass is 10.1. The van der Waals surface area contributed by atoms with Crippen LogP contribution in [0, 0.1) is 0 Å². The van der Waals surface area contributed by atoms with Gasteiger partial charge in [-0.25, -0.2) is 0 Å². The Morgan fingerprint density at radius 3 is 2.56 bits per heavy atom. The number of hydrogen-bond donors (Lipinski definition) is 1. The summed E-state index contributed by atoms with van der Waals surface area (Å²) in [6.07, 6.45) is 8.63. The minimum Gasteiger partial charge on any atom is -0.493 e. The highest BCUT2D eigenvalue weighted by Crippen LogP contribution is 2.28. The molecule has 32 heavy (non-hydrogen) atoms. The number of pyridine rings is 1. The monoisotopic (exact) mass is 441 g/mol. The van der Waals surface area contributed by atoms with E-state index < -0.39 is 6.10 Å². The van der Waals surface area contributed by atoms with Crippen LogP contribution in [-0.2, 0) is 13.0 Å². The first-order chi connectivity index (χ1) is 15.6. The molecule has 0 radical (unpaired) electrons. The van der Waals surface area contributed by atoms with Crippen LogP contribution in [0.1, 0.15) is 43.4 Å². The summed E-state index contributed by atoms with van der Waals surface area (Å²) >= 11 is 0. The molecule has 1 aromatic heterocycles. The summed E-state index contributed by atoms with van der Waals surface area (Å²) in [5, 5.41) is 10.5. The van der Waals surface area contributed by atoms with Gasteiger partial charge in [0.05, 0.1) is 7.11 Å². The minimum atomic E-state index is -0.503. The second-order valence-electron chi connectivity index (χ2n) is 8.83. The van der Waals surface area contributed by atoms with Crippen LogP contribution in [0.2, 0.25) is 0 Å². The molecule has 6 nitrogen and oxygen atoms in total. The number of benzene rings is 1. The topological polar surface area (TPSA) is 58.1 Å². The third-order valence-corrected chi connectivity index (χ3v) is 6.01. The highest BCUT2D eigenvalue weighted by molar-refractivity contribution is 5.43. The van der Waals surface area contributed by atoms with E-state index in [1.54, 1.807) is 7.11 Å². The molecule has 1 unspecified atom stereocenters.